The van der Waals surface area contributed by atoms with Gasteiger partial charge in [0.05, 0.1) is 19.8 Å². The van der Waals surface area contributed by atoms with Gasteiger partial charge in [0.1, 0.15) is 23.4 Å². The van der Waals surface area contributed by atoms with Crippen LogP contribution in [-0.2, 0) is 20.7 Å². The highest BCUT2D eigenvalue weighted by atomic mass is 19.1. The van der Waals surface area contributed by atoms with Gasteiger partial charge >= 0.3 is 0 Å². The maximum absolute atomic E-state index is 14.0. The summed E-state index contributed by atoms with van der Waals surface area (Å²) in [6.07, 6.45) is 6.17. The van der Waals surface area contributed by atoms with E-state index < -0.39 is 23.7 Å². The van der Waals surface area contributed by atoms with E-state index in [1.54, 1.807) is 24.2 Å². The SMILES string of the molecule is C=CCO[C@@H]1C[C@H](NCC[C@H](Cc2cc(F)cc(F)c2)NC(=O)[C@@H](CC=C)N2CCCC2=O)c2cc(OC)ccc21. The van der Waals surface area contributed by atoms with Gasteiger partial charge < -0.3 is 25.0 Å². The first-order valence-corrected chi connectivity index (χ1v) is 14.1. The third-order valence-corrected chi connectivity index (χ3v) is 7.69. The molecule has 0 bridgehead atoms. The molecular weight excluding hydrogens is 528 g/mol. The molecule has 1 heterocycles. The number of benzene rings is 2. The molecule has 0 radical (unpaired) electrons. The van der Waals surface area contributed by atoms with Gasteiger partial charge in [0.2, 0.25) is 11.8 Å². The number of halogens is 2. The van der Waals surface area contributed by atoms with Crippen molar-refractivity contribution in [3.8, 4) is 5.75 Å². The smallest absolute Gasteiger partial charge is 0.243 e. The maximum atomic E-state index is 14.0. The van der Waals surface area contributed by atoms with Gasteiger partial charge in [-0.05, 0) is 79.6 Å². The molecule has 1 aliphatic heterocycles. The van der Waals surface area contributed by atoms with Crippen molar-refractivity contribution in [1.29, 1.82) is 0 Å². The van der Waals surface area contributed by atoms with Crippen LogP contribution in [0.5, 0.6) is 5.75 Å². The summed E-state index contributed by atoms with van der Waals surface area (Å²) in [6, 6.07) is 8.22. The molecule has 1 aliphatic carbocycles. The standard InChI is InChI=1S/C32H39F2N3O4/c1-4-7-29(37-13-6-8-31(37)38)32(39)36-24(17-21-15-22(33)18-23(34)16-21)11-12-35-28-20-30(41-14-5-2)26-10-9-25(40-3)19-27(26)28/h4-5,9-10,15-16,18-19,24,28-30,35H,1-2,6-8,11-14,17,20H2,3H3,(H,36,39)/t24-,28+,29-,30-/m1/s1. The molecule has 41 heavy (non-hydrogen) atoms. The van der Waals surface area contributed by atoms with E-state index in [0.717, 1.165) is 29.4 Å². The number of hydrogen-bond donors (Lipinski definition) is 2. The molecule has 2 aromatic rings. The number of methoxy groups -OCH3 is 1. The largest absolute Gasteiger partial charge is 0.497 e. The van der Waals surface area contributed by atoms with Crippen molar-refractivity contribution in [2.75, 3.05) is 26.8 Å². The third-order valence-electron chi connectivity index (χ3n) is 7.69. The van der Waals surface area contributed by atoms with Crippen LogP contribution in [0.1, 0.15) is 60.9 Å². The van der Waals surface area contributed by atoms with Gasteiger partial charge in [-0.2, -0.15) is 0 Å². The zero-order chi connectivity index (χ0) is 29.4. The first-order valence-electron chi connectivity index (χ1n) is 14.1. The molecule has 1 fully saturated rings. The molecule has 220 valence electrons. The van der Waals surface area contributed by atoms with Crippen molar-refractivity contribution in [3.05, 3.63) is 90.0 Å². The molecule has 2 amide bonds. The summed E-state index contributed by atoms with van der Waals surface area (Å²) >= 11 is 0. The third kappa shape index (κ3) is 7.80. The Kier molecular flexibility index (Phi) is 10.7. The molecule has 9 heteroatoms. The molecule has 0 spiro atoms. The summed E-state index contributed by atoms with van der Waals surface area (Å²) in [5.74, 6) is -0.935. The van der Waals surface area contributed by atoms with Crippen LogP contribution in [0.15, 0.2) is 61.7 Å². The van der Waals surface area contributed by atoms with Gasteiger partial charge in [0.15, 0.2) is 0 Å². The second-order valence-electron chi connectivity index (χ2n) is 10.6. The summed E-state index contributed by atoms with van der Waals surface area (Å²) in [7, 11) is 1.63. The van der Waals surface area contributed by atoms with Crippen molar-refractivity contribution in [1.82, 2.24) is 15.5 Å². The van der Waals surface area contributed by atoms with Gasteiger partial charge in [-0.3, -0.25) is 9.59 Å². The quantitative estimate of drug-likeness (QED) is 0.298. The molecule has 0 unspecified atom stereocenters. The second kappa shape index (κ2) is 14.4. The van der Waals surface area contributed by atoms with Crippen molar-refractivity contribution in [2.24, 2.45) is 0 Å². The summed E-state index contributed by atoms with van der Waals surface area (Å²) < 4.78 is 39.4. The Balaban J connectivity index is 1.48. The van der Waals surface area contributed by atoms with Crippen LogP contribution >= 0.6 is 0 Å². The van der Waals surface area contributed by atoms with Crippen LogP contribution in [0.4, 0.5) is 8.78 Å². The normalized spacial score (nSPS) is 19.5. The summed E-state index contributed by atoms with van der Waals surface area (Å²) in [5.41, 5.74) is 2.62. The molecule has 2 aliphatic rings. The lowest BCUT2D eigenvalue weighted by Crippen LogP contribution is -2.51. The van der Waals surface area contributed by atoms with Gasteiger partial charge in [-0.25, -0.2) is 8.78 Å². The van der Waals surface area contributed by atoms with E-state index in [1.807, 2.05) is 18.2 Å². The number of carbonyl (C=O) groups is 2. The molecule has 2 N–H and O–H groups in total. The number of rotatable bonds is 15. The number of hydrogen-bond acceptors (Lipinski definition) is 5. The van der Waals surface area contributed by atoms with Gasteiger partial charge in [0, 0.05) is 31.1 Å². The zero-order valence-corrected chi connectivity index (χ0v) is 23.5. The van der Waals surface area contributed by atoms with Gasteiger partial charge in [-0.15, -0.1) is 13.2 Å². The first kappa shape index (κ1) is 30.4. The van der Waals surface area contributed by atoms with Crippen LogP contribution in [0.3, 0.4) is 0 Å². The summed E-state index contributed by atoms with van der Waals surface area (Å²) in [6.45, 7) is 8.98. The molecular formula is C32H39F2N3O4. The minimum atomic E-state index is -0.669. The second-order valence-corrected chi connectivity index (χ2v) is 10.6. The number of nitrogens with zero attached hydrogens (tertiary/aromatic N) is 1. The number of fused-ring (bicyclic) bond motifs is 1. The fourth-order valence-electron chi connectivity index (χ4n) is 5.78. The Morgan fingerprint density at radius 1 is 1.15 bits per heavy atom. The molecule has 4 atom stereocenters. The van der Waals surface area contributed by atoms with E-state index in [4.69, 9.17) is 9.47 Å². The Hall–Kier alpha value is -3.56. The minimum Gasteiger partial charge on any atom is -0.497 e. The van der Waals surface area contributed by atoms with Crippen LogP contribution in [0.2, 0.25) is 0 Å². The lowest BCUT2D eigenvalue weighted by Gasteiger charge is -2.29. The van der Waals surface area contributed by atoms with Gasteiger partial charge in [0.25, 0.3) is 0 Å². The summed E-state index contributed by atoms with van der Waals surface area (Å²) in [5, 5.41) is 6.65. The first-order chi connectivity index (χ1) is 19.8. The van der Waals surface area contributed by atoms with Crippen LogP contribution in [0.25, 0.3) is 0 Å². The van der Waals surface area contributed by atoms with Crippen molar-refractivity contribution in [3.63, 3.8) is 0 Å². The van der Waals surface area contributed by atoms with E-state index in [1.165, 1.54) is 12.1 Å². The Morgan fingerprint density at radius 3 is 2.59 bits per heavy atom. The number of ether oxygens (including phenoxy) is 2. The highest BCUT2D eigenvalue weighted by Gasteiger charge is 2.34. The highest BCUT2D eigenvalue weighted by Crippen LogP contribution is 2.42. The molecule has 1 saturated heterocycles. The van der Waals surface area contributed by atoms with Crippen molar-refractivity contribution >= 4 is 11.8 Å². The monoisotopic (exact) mass is 567 g/mol. The number of carbonyl (C=O) groups excluding carboxylic acids is 2. The Bertz CT molecular complexity index is 1230. The van der Waals surface area contributed by atoms with Crippen LogP contribution < -0.4 is 15.4 Å². The molecule has 0 saturated carbocycles. The lowest BCUT2D eigenvalue weighted by atomic mass is 10.0. The van der Waals surface area contributed by atoms with Crippen molar-refractivity contribution in [2.45, 2.75) is 62.8 Å². The molecule has 7 nitrogen and oxygen atoms in total. The van der Waals surface area contributed by atoms with Crippen molar-refractivity contribution < 1.29 is 27.8 Å². The average molecular weight is 568 g/mol. The topological polar surface area (TPSA) is 79.9 Å². The predicted octanol–water partition coefficient (Wildman–Crippen LogP) is 4.94. The van der Waals surface area contributed by atoms with E-state index in [-0.39, 0.29) is 30.4 Å². The Morgan fingerprint density at radius 2 is 1.93 bits per heavy atom. The van der Waals surface area contributed by atoms with E-state index in [2.05, 4.69) is 23.8 Å². The highest BCUT2D eigenvalue weighted by molar-refractivity contribution is 5.88. The molecule has 0 aromatic heterocycles. The zero-order valence-electron chi connectivity index (χ0n) is 23.5. The van der Waals surface area contributed by atoms with E-state index in [9.17, 15) is 18.4 Å². The summed E-state index contributed by atoms with van der Waals surface area (Å²) in [4.78, 5) is 27.4. The molecule has 2 aromatic carbocycles. The number of likely N-dealkylation sites (tertiary alicyclic amines) is 1. The maximum Gasteiger partial charge on any atom is 0.243 e. The number of nitrogens with one attached hydrogen (secondary N) is 2. The van der Waals surface area contributed by atoms with E-state index in [0.29, 0.717) is 50.9 Å². The predicted molar refractivity (Wildman–Crippen MR) is 153 cm³/mol. The molecule has 4 rings (SSSR count). The van der Waals surface area contributed by atoms with Gasteiger partial charge in [-0.1, -0.05) is 18.2 Å². The fourth-order valence-corrected chi connectivity index (χ4v) is 5.78. The van der Waals surface area contributed by atoms with E-state index >= 15 is 0 Å². The lowest BCUT2D eigenvalue weighted by molar-refractivity contribution is -0.137. The van der Waals surface area contributed by atoms with Crippen LogP contribution in [-0.4, -0.2) is 55.6 Å². The number of amides is 2. The average Bonchev–Trinajstić information content (AvgIpc) is 3.52. The Labute approximate surface area is 240 Å². The minimum absolute atomic E-state index is 0.00591. The fraction of sp³-hybridized carbons (Fsp3) is 0.438. The van der Waals surface area contributed by atoms with Crippen LogP contribution in [0, 0.1) is 11.6 Å².